The van der Waals surface area contributed by atoms with Crippen LogP contribution in [0.2, 0.25) is 0 Å². The second kappa shape index (κ2) is 6.68. The standard InChI is InChI=1S/C15H21BrN2O3S/c1-4-5-7-17(3)22(20,21)14-10-13(16)9-12-6-8-18(11(2)19)15(12)14/h9-10H,4-8H2,1-3H3. The summed E-state index contributed by atoms with van der Waals surface area (Å²) < 4.78 is 27.9. The number of benzene rings is 1. The number of sulfonamides is 1. The van der Waals surface area contributed by atoms with Crippen molar-refractivity contribution >= 4 is 37.5 Å². The molecular weight excluding hydrogens is 368 g/mol. The van der Waals surface area contributed by atoms with Gasteiger partial charge in [-0.25, -0.2) is 12.7 Å². The summed E-state index contributed by atoms with van der Waals surface area (Å²) in [5.41, 5.74) is 1.44. The lowest BCUT2D eigenvalue weighted by Crippen LogP contribution is -2.31. The molecule has 1 heterocycles. The van der Waals surface area contributed by atoms with Gasteiger partial charge in [0, 0.05) is 31.5 Å². The van der Waals surface area contributed by atoms with E-state index in [1.165, 1.54) is 11.2 Å². The molecule has 122 valence electrons. The van der Waals surface area contributed by atoms with E-state index in [0.717, 1.165) is 22.9 Å². The number of nitrogens with zero attached hydrogens (tertiary/aromatic N) is 2. The van der Waals surface area contributed by atoms with E-state index in [-0.39, 0.29) is 10.8 Å². The first-order chi connectivity index (χ1) is 10.3. The number of rotatable bonds is 5. The second-order valence-electron chi connectivity index (χ2n) is 5.51. The van der Waals surface area contributed by atoms with Gasteiger partial charge in [-0.2, -0.15) is 0 Å². The minimum atomic E-state index is -3.62. The largest absolute Gasteiger partial charge is 0.311 e. The highest BCUT2D eigenvalue weighted by molar-refractivity contribution is 9.10. The number of hydrogen-bond acceptors (Lipinski definition) is 3. The summed E-state index contributed by atoms with van der Waals surface area (Å²) in [4.78, 5) is 13.6. The Kier molecular flexibility index (Phi) is 5.29. The van der Waals surface area contributed by atoms with Gasteiger partial charge >= 0.3 is 0 Å². The molecule has 0 saturated carbocycles. The Morgan fingerprint density at radius 2 is 2.09 bits per heavy atom. The van der Waals surface area contributed by atoms with Crippen LogP contribution in [0.1, 0.15) is 32.3 Å². The third kappa shape index (κ3) is 3.21. The van der Waals surface area contributed by atoms with E-state index in [1.54, 1.807) is 18.0 Å². The van der Waals surface area contributed by atoms with Gasteiger partial charge in [-0.1, -0.05) is 29.3 Å². The van der Waals surface area contributed by atoms with Crippen molar-refractivity contribution < 1.29 is 13.2 Å². The zero-order chi connectivity index (χ0) is 16.5. The summed E-state index contributed by atoms with van der Waals surface area (Å²) >= 11 is 3.38. The predicted octanol–water partition coefficient (Wildman–Crippen LogP) is 2.78. The van der Waals surface area contributed by atoms with Crippen LogP contribution in [0.5, 0.6) is 0 Å². The van der Waals surface area contributed by atoms with E-state index >= 15 is 0 Å². The molecule has 0 unspecified atom stereocenters. The van der Waals surface area contributed by atoms with Gasteiger partial charge in [-0.05, 0) is 30.5 Å². The molecule has 2 rings (SSSR count). The molecule has 0 N–H and O–H groups in total. The SMILES string of the molecule is CCCCN(C)S(=O)(=O)c1cc(Br)cc2c1N(C(C)=O)CC2. The van der Waals surface area contributed by atoms with Crippen molar-refractivity contribution in [2.75, 3.05) is 25.0 Å². The summed E-state index contributed by atoms with van der Waals surface area (Å²) in [5, 5.41) is 0. The van der Waals surface area contributed by atoms with Crippen LogP contribution in [0.15, 0.2) is 21.5 Å². The van der Waals surface area contributed by atoms with E-state index in [1.807, 2.05) is 13.0 Å². The number of hydrogen-bond donors (Lipinski definition) is 0. The van der Waals surface area contributed by atoms with Crippen LogP contribution in [0.25, 0.3) is 0 Å². The lowest BCUT2D eigenvalue weighted by atomic mass is 10.2. The van der Waals surface area contributed by atoms with Crippen LogP contribution < -0.4 is 4.90 Å². The van der Waals surface area contributed by atoms with Crippen molar-refractivity contribution in [1.82, 2.24) is 4.31 Å². The smallest absolute Gasteiger partial charge is 0.244 e. The Labute approximate surface area is 140 Å². The van der Waals surface area contributed by atoms with Crippen LogP contribution in [0, 0.1) is 0 Å². The van der Waals surface area contributed by atoms with Crippen LogP contribution in [-0.2, 0) is 21.2 Å². The molecular formula is C15H21BrN2O3S. The molecule has 0 saturated heterocycles. The normalized spacial score (nSPS) is 14.5. The van der Waals surface area contributed by atoms with Crippen molar-refractivity contribution in [2.45, 2.75) is 38.0 Å². The first-order valence-electron chi connectivity index (χ1n) is 7.36. The van der Waals surface area contributed by atoms with Crippen LogP contribution in [-0.4, -0.2) is 38.8 Å². The molecule has 0 aliphatic carbocycles. The van der Waals surface area contributed by atoms with Crippen molar-refractivity contribution in [3.8, 4) is 0 Å². The monoisotopic (exact) mass is 388 g/mol. The maximum absolute atomic E-state index is 12.9. The molecule has 0 aromatic heterocycles. The number of amides is 1. The summed E-state index contributed by atoms with van der Waals surface area (Å²) in [6.07, 6.45) is 2.41. The van der Waals surface area contributed by atoms with E-state index < -0.39 is 10.0 Å². The van der Waals surface area contributed by atoms with Gasteiger partial charge in [-0.3, -0.25) is 4.79 Å². The van der Waals surface area contributed by atoms with Gasteiger partial charge < -0.3 is 4.90 Å². The molecule has 0 bridgehead atoms. The number of anilines is 1. The highest BCUT2D eigenvalue weighted by atomic mass is 79.9. The van der Waals surface area contributed by atoms with Crippen molar-refractivity contribution in [3.63, 3.8) is 0 Å². The van der Waals surface area contributed by atoms with Crippen LogP contribution in [0.3, 0.4) is 0 Å². The van der Waals surface area contributed by atoms with Gasteiger partial charge in [-0.15, -0.1) is 0 Å². The van der Waals surface area contributed by atoms with E-state index in [2.05, 4.69) is 15.9 Å². The molecule has 0 spiro atoms. The lowest BCUT2D eigenvalue weighted by Gasteiger charge is -2.23. The Bertz CT molecular complexity index is 688. The maximum Gasteiger partial charge on any atom is 0.244 e. The number of carbonyl (C=O) groups is 1. The van der Waals surface area contributed by atoms with Gasteiger partial charge in [0.25, 0.3) is 0 Å². The number of halogens is 1. The number of carbonyl (C=O) groups excluding carboxylic acids is 1. The summed E-state index contributed by atoms with van der Waals surface area (Å²) in [6.45, 7) is 4.49. The summed E-state index contributed by atoms with van der Waals surface area (Å²) in [5.74, 6) is -0.131. The Morgan fingerprint density at radius 1 is 1.41 bits per heavy atom. The first kappa shape index (κ1) is 17.4. The van der Waals surface area contributed by atoms with Gasteiger partial charge in [0.1, 0.15) is 4.90 Å². The molecule has 1 amide bonds. The Hall–Kier alpha value is -0.920. The molecule has 7 heteroatoms. The van der Waals surface area contributed by atoms with Crippen molar-refractivity contribution in [1.29, 1.82) is 0 Å². The van der Waals surface area contributed by atoms with E-state index in [9.17, 15) is 13.2 Å². The molecule has 1 aromatic carbocycles. The first-order valence-corrected chi connectivity index (χ1v) is 9.59. The second-order valence-corrected chi connectivity index (χ2v) is 8.44. The molecule has 22 heavy (non-hydrogen) atoms. The average molecular weight is 389 g/mol. The van der Waals surface area contributed by atoms with Crippen molar-refractivity contribution in [3.05, 3.63) is 22.2 Å². The lowest BCUT2D eigenvalue weighted by molar-refractivity contribution is -0.116. The fourth-order valence-electron chi connectivity index (χ4n) is 2.65. The molecule has 0 radical (unpaired) electrons. The van der Waals surface area contributed by atoms with E-state index in [4.69, 9.17) is 0 Å². The number of fused-ring (bicyclic) bond motifs is 1. The van der Waals surface area contributed by atoms with Crippen LogP contribution in [0.4, 0.5) is 5.69 Å². The topological polar surface area (TPSA) is 57.7 Å². The summed E-state index contributed by atoms with van der Waals surface area (Å²) in [6, 6.07) is 3.49. The maximum atomic E-state index is 12.9. The van der Waals surface area contributed by atoms with Crippen LogP contribution >= 0.6 is 15.9 Å². The molecule has 1 aliphatic heterocycles. The highest BCUT2D eigenvalue weighted by Gasteiger charge is 2.33. The molecule has 0 fully saturated rings. The van der Waals surface area contributed by atoms with Gasteiger partial charge in [0.2, 0.25) is 15.9 Å². The zero-order valence-corrected chi connectivity index (χ0v) is 15.5. The zero-order valence-electron chi connectivity index (χ0n) is 13.1. The van der Waals surface area contributed by atoms with E-state index in [0.29, 0.717) is 25.2 Å². The number of unbranched alkanes of at least 4 members (excludes halogenated alkanes) is 1. The molecule has 5 nitrogen and oxygen atoms in total. The molecule has 1 aromatic rings. The highest BCUT2D eigenvalue weighted by Crippen LogP contribution is 2.38. The third-order valence-electron chi connectivity index (χ3n) is 3.89. The minimum Gasteiger partial charge on any atom is -0.311 e. The molecule has 0 atom stereocenters. The van der Waals surface area contributed by atoms with Gasteiger partial charge in [0.15, 0.2) is 0 Å². The van der Waals surface area contributed by atoms with Crippen molar-refractivity contribution in [2.24, 2.45) is 0 Å². The predicted molar refractivity (Wildman–Crippen MR) is 90.6 cm³/mol. The molecule has 1 aliphatic rings. The fourth-order valence-corrected chi connectivity index (χ4v) is 4.77. The van der Waals surface area contributed by atoms with Gasteiger partial charge in [0.05, 0.1) is 5.69 Å². The summed E-state index contributed by atoms with van der Waals surface area (Å²) in [7, 11) is -2.03. The Balaban J connectivity index is 2.54. The average Bonchev–Trinajstić information content (AvgIpc) is 2.87. The quantitative estimate of drug-likeness (QED) is 0.778. The fraction of sp³-hybridized carbons (Fsp3) is 0.533. The minimum absolute atomic E-state index is 0.131. The third-order valence-corrected chi connectivity index (χ3v) is 6.22. The Morgan fingerprint density at radius 3 is 2.68 bits per heavy atom.